The topological polar surface area (TPSA) is 78.7 Å². The Kier molecular flexibility index (Phi) is 5.92. The molecule has 0 saturated carbocycles. The van der Waals surface area contributed by atoms with Gasteiger partial charge in [0.25, 0.3) is 5.89 Å². The van der Waals surface area contributed by atoms with E-state index in [4.69, 9.17) is 25.2 Å². The van der Waals surface area contributed by atoms with Crippen LogP contribution in [0.3, 0.4) is 0 Å². The van der Waals surface area contributed by atoms with Crippen molar-refractivity contribution in [3.63, 3.8) is 0 Å². The van der Waals surface area contributed by atoms with E-state index in [1.807, 2.05) is 65.6 Å². The number of hydrogen-bond acceptors (Lipinski definition) is 7. The minimum absolute atomic E-state index is 0.250. The monoisotopic (exact) mass is 460 g/mol. The summed E-state index contributed by atoms with van der Waals surface area (Å²) in [5.41, 5.74) is 1.33. The van der Waals surface area contributed by atoms with E-state index >= 15 is 0 Å². The van der Waals surface area contributed by atoms with E-state index in [1.54, 1.807) is 6.07 Å². The van der Waals surface area contributed by atoms with E-state index in [1.165, 1.54) is 0 Å². The van der Waals surface area contributed by atoms with Crippen molar-refractivity contribution in [2.24, 2.45) is 0 Å². The van der Waals surface area contributed by atoms with Crippen molar-refractivity contribution in [1.29, 1.82) is 5.26 Å². The first kappa shape index (κ1) is 21.0. The molecule has 0 spiro atoms. The number of hydrogen-bond donors (Lipinski definition) is 0. The second-order valence-electron chi connectivity index (χ2n) is 7.61. The van der Waals surface area contributed by atoms with Crippen LogP contribution < -0.4 is 14.5 Å². The van der Waals surface area contributed by atoms with Gasteiger partial charge in [-0.25, -0.2) is 0 Å². The number of oxazole rings is 1. The maximum absolute atomic E-state index is 9.61. The van der Waals surface area contributed by atoms with Crippen LogP contribution in [-0.4, -0.2) is 31.2 Å². The molecule has 1 fully saturated rings. The van der Waals surface area contributed by atoms with Gasteiger partial charge in [0.05, 0.1) is 0 Å². The smallest absolute Gasteiger partial charge is 0.266 e. The quantitative estimate of drug-likeness (QED) is 0.383. The maximum Gasteiger partial charge on any atom is 0.266 e. The second-order valence-corrected chi connectivity index (χ2v) is 8.04. The predicted molar refractivity (Wildman–Crippen MR) is 126 cm³/mol. The molecule has 0 aliphatic carbocycles. The van der Waals surface area contributed by atoms with Crippen molar-refractivity contribution in [3.05, 3.63) is 83.2 Å². The second kappa shape index (κ2) is 9.31. The highest BCUT2D eigenvalue weighted by Gasteiger charge is 2.25. The normalized spacial score (nSPS) is 13.7. The van der Waals surface area contributed by atoms with Crippen LogP contribution in [0.2, 0.25) is 5.02 Å². The summed E-state index contributed by atoms with van der Waals surface area (Å²) < 4.78 is 17.6. The molecular formula is C25H21ClN4O3. The lowest BCUT2D eigenvalue weighted by Gasteiger charge is -2.35. The molecule has 33 heavy (non-hydrogen) atoms. The summed E-state index contributed by atoms with van der Waals surface area (Å²) in [6, 6.07) is 23.1. The van der Waals surface area contributed by atoms with Crippen LogP contribution in [0.15, 0.2) is 75.6 Å². The molecule has 0 amide bonds. The lowest BCUT2D eigenvalue weighted by Crippen LogP contribution is -2.46. The van der Waals surface area contributed by atoms with Crippen molar-refractivity contribution in [1.82, 2.24) is 4.98 Å². The highest BCUT2D eigenvalue weighted by atomic mass is 35.5. The molecule has 0 unspecified atom stereocenters. The Labute approximate surface area is 196 Å². The molecule has 3 heterocycles. The van der Waals surface area contributed by atoms with Gasteiger partial charge in [0.2, 0.25) is 11.6 Å². The number of benzene rings is 2. The van der Waals surface area contributed by atoms with Crippen LogP contribution in [0.1, 0.15) is 11.5 Å². The maximum atomic E-state index is 9.61. The van der Waals surface area contributed by atoms with Gasteiger partial charge in [0.1, 0.15) is 24.2 Å². The summed E-state index contributed by atoms with van der Waals surface area (Å²) in [5.74, 6) is 2.61. The number of aromatic nitrogens is 1. The Morgan fingerprint density at radius 1 is 0.939 bits per heavy atom. The average molecular weight is 461 g/mol. The van der Waals surface area contributed by atoms with Gasteiger partial charge in [0, 0.05) is 36.9 Å². The SMILES string of the molecule is N#Cc1nc(-c2ccc(COc3ccccc3)o2)oc1N1CCN(c2cccc(Cl)c2)CC1. The van der Waals surface area contributed by atoms with E-state index in [9.17, 15) is 5.26 Å². The summed E-state index contributed by atoms with van der Waals surface area (Å²) in [6.07, 6.45) is 0. The summed E-state index contributed by atoms with van der Waals surface area (Å²) in [6.45, 7) is 3.24. The number of furan rings is 1. The number of para-hydroxylation sites is 1. The van der Waals surface area contributed by atoms with Crippen LogP contribution in [0, 0.1) is 11.3 Å². The van der Waals surface area contributed by atoms with Gasteiger partial charge < -0.3 is 23.4 Å². The fraction of sp³-hybridized carbons (Fsp3) is 0.200. The fourth-order valence-corrected chi connectivity index (χ4v) is 3.97. The molecule has 0 radical (unpaired) electrons. The zero-order valence-corrected chi connectivity index (χ0v) is 18.5. The highest BCUT2D eigenvalue weighted by Crippen LogP contribution is 2.31. The standard InChI is InChI=1S/C25H21ClN4O3/c26-18-5-4-6-19(15-18)29-11-13-30(14-12-29)25-22(16-27)28-24(33-25)23-10-9-21(32-23)17-31-20-7-2-1-3-8-20/h1-10,15H,11-14,17H2. The zero-order chi connectivity index (χ0) is 22.6. The van der Waals surface area contributed by atoms with E-state index in [-0.39, 0.29) is 18.2 Å². The summed E-state index contributed by atoms with van der Waals surface area (Å²) in [5, 5.41) is 10.3. The van der Waals surface area contributed by atoms with Gasteiger partial charge >= 0.3 is 0 Å². The number of halogens is 1. The highest BCUT2D eigenvalue weighted by molar-refractivity contribution is 6.30. The molecule has 1 saturated heterocycles. The van der Waals surface area contributed by atoms with Crippen LogP contribution in [-0.2, 0) is 6.61 Å². The lowest BCUT2D eigenvalue weighted by molar-refractivity contribution is 0.271. The van der Waals surface area contributed by atoms with Crippen molar-refractivity contribution in [2.45, 2.75) is 6.61 Å². The minimum atomic E-state index is 0.250. The molecule has 7 nitrogen and oxygen atoms in total. The van der Waals surface area contributed by atoms with Gasteiger partial charge in [-0.2, -0.15) is 10.2 Å². The lowest BCUT2D eigenvalue weighted by atomic mass is 10.2. The van der Waals surface area contributed by atoms with Gasteiger partial charge in [-0.3, -0.25) is 0 Å². The number of piperazine rings is 1. The Morgan fingerprint density at radius 2 is 1.73 bits per heavy atom. The molecule has 0 atom stereocenters. The Balaban J connectivity index is 1.27. The number of nitriles is 1. The van der Waals surface area contributed by atoms with Crippen molar-refractivity contribution >= 4 is 23.2 Å². The average Bonchev–Trinajstić information content (AvgIpc) is 3.51. The molecule has 2 aromatic heterocycles. The van der Waals surface area contributed by atoms with Crippen LogP contribution in [0.25, 0.3) is 11.7 Å². The van der Waals surface area contributed by atoms with E-state index in [0.29, 0.717) is 35.5 Å². The molecule has 8 heteroatoms. The van der Waals surface area contributed by atoms with Crippen LogP contribution in [0.5, 0.6) is 5.75 Å². The van der Waals surface area contributed by atoms with Crippen molar-refractivity contribution in [3.8, 4) is 23.5 Å². The molecular weight excluding hydrogens is 440 g/mol. The summed E-state index contributed by atoms with van der Waals surface area (Å²) in [4.78, 5) is 8.66. The number of rotatable bonds is 6. The Hall–Kier alpha value is -3.89. The number of ether oxygens (including phenoxy) is 1. The minimum Gasteiger partial charge on any atom is -0.486 e. The fourth-order valence-electron chi connectivity index (χ4n) is 3.79. The van der Waals surface area contributed by atoms with Crippen LogP contribution in [0.4, 0.5) is 11.6 Å². The zero-order valence-electron chi connectivity index (χ0n) is 17.8. The van der Waals surface area contributed by atoms with Crippen molar-refractivity contribution in [2.75, 3.05) is 36.0 Å². The summed E-state index contributed by atoms with van der Waals surface area (Å²) >= 11 is 6.13. The third-order valence-electron chi connectivity index (χ3n) is 5.45. The van der Waals surface area contributed by atoms with Gasteiger partial charge in [-0.05, 0) is 42.5 Å². The first-order chi connectivity index (χ1) is 16.2. The van der Waals surface area contributed by atoms with E-state index in [2.05, 4.69) is 16.0 Å². The molecule has 2 aromatic carbocycles. The van der Waals surface area contributed by atoms with Crippen LogP contribution >= 0.6 is 11.6 Å². The van der Waals surface area contributed by atoms with E-state index in [0.717, 1.165) is 24.5 Å². The Bertz CT molecular complexity index is 1270. The number of anilines is 2. The molecule has 166 valence electrons. The van der Waals surface area contributed by atoms with E-state index < -0.39 is 0 Å². The first-order valence-electron chi connectivity index (χ1n) is 10.6. The molecule has 1 aliphatic rings. The predicted octanol–water partition coefficient (Wildman–Crippen LogP) is 5.37. The molecule has 1 aliphatic heterocycles. The largest absolute Gasteiger partial charge is 0.486 e. The van der Waals surface area contributed by atoms with Gasteiger partial charge in [-0.1, -0.05) is 35.9 Å². The Morgan fingerprint density at radius 3 is 2.48 bits per heavy atom. The summed E-state index contributed by atoms with van der Waals surface area (Å²) in [7, 11) is 0. The van der Waals surface area contributed by atoms with Crippen molar-refractivity contribution < 1.29 is 13.6 Å². The van der Waals surface area contributed by atoms with Gasteiger partial charge in [-0.15, -0.1) is 0 Å². The molecule has 0 bridgehead atoms. The molecule has 4 aromatic rings. The molecule has 0 N–H and O–H groups in total. The molecule has 5 rings (SSSR count). The third-order valence-corrected chi connectivity index (χ3v) is 5.69. The first-order valence-corrected chi connectivity index (χ1v) is 11.0. The van der Waals surface area contributed by atoms with Gasteiger partial charge in [0.15, 0.2) is 5.76 Å². The number of nitrogens with zero attached hydrogens (tertiary/aromatic N) is 4. The third kappa shape index (κ3) is 4.66.